The van der Waals surface area contributed by atoms with E-state index in [0.29, 0.717) is 17.8 Å². The van der Waals surface area contributed by atoms with Gasteiger partial charge in [0.15, 0.2) is 5.11 Å². The summed E-state index contributed by atoms with van der Waals surface area (Å²) in [6.07, 6.45) is -10.8. The van der Waals surface area contributed by atoms with Gasteiger partial charge in [-0.1, -0.05) is 35.5 Å². The Hall–Kier alpha value is -3.35. The van der Waals surface area contributed by atoms with Crippen LogP contribution in [0.2, 0.25) is 0 Å². The number of halogens is 6. The molecule has 1 aliphatic rings. The zero-order valence-corrected chi connectivity index (χ0v) is 16.7. The summed E-state index contributed by atoms with van der Waals surface area (Å²) in [5.74, 6) is -0.691. The van der Waals surface area contributed by atoms with Crippen LogP contribution in [0.1, 0.15) is 23.1 Å². The molecule has 1 amide bonds. The summed E-state index contributed by atoms with van der Waals surface area (Å²) >= 11 is 4.83. The predicted molar refractivity (Wildman–Crippen MR) is 106 cm³/mol. The molecule has 1 aliphatic heterocycles. The molecule has 1 atom stereocenters. The highest BCUT2D eigenvalue weighted by Crippen LogP contribution is 2.37. The smallest absolute Gasteiger partial charge is 0.382 e. The second-order valence-electron chi connectivity index (χ2n) is 6.57. The maximum atomic E-state index is 12.9. The van der Waals surface area contributed by atoms with Crippen molar-refractivity contribution >= 4 is 34.6 Å². The molecule has 0 fully saturated rings. The fraction of sp³-hybridized carbons (Fsp3) is 0.211. The number of anilines is 1. The van der Waals surface area contributed by atoms with Crippen molar-refractivity contribution in [3.8, 4) is 0 Å². The van der Waals surface area contributed by atoms with Gasteiger partial charge in [-0.05, 0) is 36.0 Å². The van der Waals surface area contributed by atoms with Crippen molar-refractivity contribution in [3.05, 3.63) is 65.2 Å². The van der Waals surface area contributed by atoms with Gasteiger partial charge in [0.1, 0.15) is 0 Å². The van der Waals surface area contributed by atoms with E-state index in [1.54, 1.807) is 24.3 Å². The number of benzene rings is 2. The van der Waals surface area contributed by atoms with E-state index in [1.165, 1.54) is 0 Å². The van der Waals surface area contributed by atoms with Crippen molar-refractivity contribution in [1.82, 2.24) is 10.9 Å². The third kappa shape index (κ3) is 5.87. The third-order valence-corrected chi connectivity index (χ3v) is 4.42. The van der Waals surface area contributed by atoms with Gasteiger partial charge in [0.2, 0.25) is 6.10 Å². The summed E-state index contributed by atoms with van der Waals surface area (Å²) in [6, 6.07) is 9.86. The summed E-state index contributed by atoms with van der Waals surface area (Å²) in [5, 5.41) is 5.58. The number of carbonyl (C=O) groups excluding carboxylic acids is 1. The standard InChI is InChI=1S/C19H14F6N4O2S/c20-18(21,22)11-6-12(19(23,24)25)8-13(7-11)26-17(32)28-27-16(30)15-9-14(29-31-15)10-4-2-1-3-5-10/h1-8,15H,9H2,(H,27,30)(H2,26,28,32). The molecule has 13 heteroatoms. The average Bonchev–Trinajstić information content (AvgIpc) is 3.21. The number of rotatable bonds is 3. The molecule has 2 aromatic carbocycles. The van der Waals surface area contributed by atoms with Crippen LogP contribution in [-0.4, -0.2) is 22.8 Å². The number of alkyl halides is 6. The van der Waals surface area contributed by atoms with E-state index in [9.17, 15) is 31.1 Å². The molecule has 32 heavy (non-hydrogen) atoms. The van der Waals surface area contributed by atoms with Crippen LogP contribution in [0, 0.1) is 0 Å². The Morgan fingerprint density at radius 3 is 2.12 bits per heavy atom. The lowest BCUT2D eigenvalue weighted by molar-refractivity contribution is -0.143. The first-order valence-corrected chi connectivity index (χ1v) is 9.29. The summed E-state index contributed by atoms with van der Waals surface area (Å²) < 4.78 is 77.6. The van der Waals surface area contributed by atoms with Crippen molar-refractivity contribution in [1.29, 1.82) is 0 Å². The molecule has 170 valence electrons. The average molecular weight is 476 g/mol. The number of nitrogens with one attached hydrogen (secondary N) is 3. The van der Waals surface area contributed by atoms with Crippen LogP contribution in [0.25, 0.3) is 0 Å². The van der Waals surface area contributed by atoms with Gasteiger partial charge in [0.05, 0.1) is 16.8 Å². The number of hydrogen-bond donors (Lipinski definition) is 3. The molecule has 0 bridgehead atoms. The number of nitrogens with zero attached hydrogens (tertiary/aromatic N) is 1. The molecule has 0 saturated carbocycles. The van der Waals surface area contributed by atoms with Crippen LogP contribution in [-0.2, 0) is 22.0 Å². The zero-order chi connectivity index (χ0) is 23.5. The number of hydrogen-bond acceptors (Lipinski definition) is 4. The Kier molecular flexibility index (Phi) is 6.57. The van der Waals surface area contributed by atoms with Crippen LogP contribution in [0.15, 0.2) is 53.7 Å². The second-order valence-corrected chi connectivity index (χ2v) is 6.97. The van der Waals surface area contributed by atoms with E-state index in [-0.39, 0.29) is 12.5 Å². The lowest BCUT2D eigenvalue weighted by Gasteiger charge is -2.17. The molecule has 0 aromatic heterocycles. The fourth-order valence-electron chi connectivity index (χ4n) is 2.71. The van der Waals surface area contributed by atoms with Gasteiger partial charge in [0, 0.05) is 12.1 Å². The molecule has 0 aliphatic carbocycles. The summed E-state index contributed by atoms with van der Waals surface area (Å²) in [5.41, 5.74) is 2.10. The van der Waals surface area contributed by atoms with Gasteiger partial charge in [-0.25, -0.2) is 0 Å². The lowest BCUT2D eigenvalue weighted by atomic mass is 10.1. The van der Waals surface area contributed by atoms with Gasteiger partial charge in [-0.3, -0.25) is 15.6 Å². The van der Waals surface area contributed by atoms with Gasteiger partial charge in [0.25, 0.3) is 5.91 Å². The lowest BCUT2D eigenvalue weighted by Crippen LogP contribution is -2.48. The van der Waals surface area contributed by atoms with Gasteiger partial charge in [-0.15, -0.1) is 0 Å². The van der Waals surface area contributed by atoms with E-state index < -0.39 is 46.3 Å². The largest absolute Gasteiger partial charge is 0.416 e. The van der Waals surface area contributed by atoms with Crippen LogP contribution in [0.5, 0.6) is 0 Å². The Bertz CT molecular complexity index is 1010. The van der Waals surface area contributed by atoms with Gasteiger partial charge in [-0.2, -0.15) is 26.3 Å². The van der Waals surface area contributed by atoms with Crippen molar-refractivity contribution < 1.29 is 36.0 Å². The van der Waals surface area contributed by atoms with E-state index in [1.807, 2.05) is 6.07 Å². The molecule has 1 unspecified atom stereocenters. The van der Waals surface area contributed by atoms with Crippen LogP contribution in [0.4, 0.5) is 32.0 Å². The first kappa shape index (κ1) is 23.3. The van der Waals surface area contributed by atoms with Crippen molar-refractivity contribution in [2.75, 3.05) is 5.32 Å². The molecule has 2 aromatic rings. The molecule has 0 spiro atoms. The molecular formula is C19H14F6N4O2S. The van der Waals surface area contributed by atoms with E-state index in [2.05, 4.69) is 21.3 Å². The Labute approximate surface area is 182 Å². The zero-order valence-electron chi connectivity index (χ0n) is 15.8. The van der Waals surface area contributed by atoms with Crippen molar-refractivity contribution in [2.24, 2.45) is 5.16 Å². The fourth-order valence-corrected chi connectivity index (χ4v) is 2.88. The summed E-state index contributed by atoms with van der Waals surface area (Å²) in [6.45, 7) is 0. The third-order valence-electron chi connectivity index (χ3n) is 4.21. The maximum absolute atomic E-state index is 12.9. The summed E-state index contributed by atoms with van der Waals surface area (Å²) in [4.78, 5) is 17.3. The highest BCUT2D eigenvalue weighted by molar-refractivity contribution is 7.80. The second kappa shape index (κ2) is 9.02. The number of amides is 1. The minimum absolute atomic E-state index is 0.00874. The highest BCUT2D eigenvalue weighted by atomic mass is 32.1. The normalized spacial score (nSPS) is 16.1. The SMILES string of the molecule is O=C(NNC(=S)Nc1cc(C(F)(F)F)cc(C(F)(F)F)c1)C1CC(c2ccccc2)=NO1. The van der Waals surface area contributed by atoms with E-state index >= 15 is 0 Å². The van der Waals surface area contributed by atoms with Gasteiger partial charge < -0.3 is 10.2 Å². The quantitative estimate of drug-likeness (QED) is 0.351. The topological polar surface area (TPSA) is 74.8 Å². The minimum Gasteiger partial charge on any atom is -0.382 e. The molecule has 0 radical (unpaired) electrons. The van der Waals surface area contributed by atoms with E-state index in [4.69, 9.17) is 17.1 Å². The molecule has 1 heterocycles. The van der Waals surface area contributed by atoms with Gasteiger partial charge >= 0.3 is 12.4 Å². The first-order chi connectivity index (χ1) is 14.9. The Morgan fingerprint density at radius 1 is 0.969 bits per heavy atom. The predicted octanol–water partition coefficient (Wildman–Crippen LogP) is 4.24. The molecular weight excluding hydrogens is 462 g/mol. The Balaban J connectivity index is 1.59. The summed E-state index contributed by atoms with van der Waals surface area (Å²) in [7, 11) is 0. The number of carbonyl (C=O) groups is 1. The number of oxime groups is 1. The van der Waals surface area contributed by atoms with Crippen LogP contribution >= 0.6 is 12.2 Å². The van der Waals surface area contributed by atoms with Crippen molar-refractivity contribution in [2.45, 2.75) is 24.9 Å². The minimum atomic E-state index is -5.00. The van der Waals surface area contributed by atoms with Crippen molar-refractivity contribution in [3.63, 3.8) is 0 Å². The van der Waals surface area contributed by atoms with Crippen LogP contribution in [0.3, 0.4) is 0 Å². The van der Waals surface area contributed by atoms with E-state index in [0.717, 1.165) is 5.56 Å². The first-order valence-electron chi connectivity index (χ1n) is 8.88. The Morgan fingerprint density at radius 2 is 1.56 bits per heavy atom. The molecule has 6 nitrogen and oxygen atoms in total. The maximum Gasteiger partial charge on any atom is 0.416 e. The number of thiocarbonyl (C=S) groups is 1. The number of hydrazine groups is 1. The monoisotopic (exact) mass is 476 g/mol. The molecule has 3 rings (SSSR count). The molecule has 3 N–H and O–H groups in total. The molecule has 0 saturated heterocycles. The van der Waals surface area contributed by atoms with Crippen LogP contribution < -0.4 is 16.2 Å². The highest BCUT2D eigenvalue weighted by Gasteiger charge is 2.37.